The molecule has 0 aliphatic heterocycles. The van der Waals surface area contributed by atoms with E-state index in [1.165, 1.54) is 29.9 Å². The van der Waals surface area contributed by atoms with Gasteiger partial charge in [0.2, 0.25) is 5.13 Å². The lowest BCUT2D eigenvalue weighted by Gasteiger charge is -2.19. The third kappa shape index (κ3) is 4.66. The topological polar surface area (TPSA) is 70.2 Å². The number of para-hydroxylation sites is 1. The van der Waals surface area contributed by atoms with E-state index < -0.39 is 0 Å². The van der Waals surface area contributed by atoms with Crippen molar-refractivity contribution >= 4 is 28.2 Å². The summed E-state index contributed by atoms with van der Waals surface area (Å²) in [7, 11) is 2.05. The van der Waals surface area contributed by atoms with E-state index in [-0.39, 0.29) is 6.03 Å². The SMILES string of the molecule is CN(CCCNC(=O)Nc1nnc(C2CC2)s1)c1ccccc1. The Kier molecular flexibility index (Phi) is 5.07. The third-order valence-corrected chi connectivity index (χ3v) is 4.74. The Labute approximate surface area is 139 Å². The molecule has 1 heterocycles. The number of aromatic nitrogens is 2. The van der Waals surface area contributed by atoms with Crippen molar-refractivity contribution in [3.05, 3.63) is 35.3 Å². The van der Waals surface area contributed by atoms with Crippen LogP contribution in [0.2, 0.25) is 0 Å². The maximum Gasteiger partial charge on any atom is 0.321 e. The summed E-state index contributed by atoms with van der Waals surface area (Å²) in [4.78, 5) is 14.0. The number of benzene rings is 1. The minimum atomic E-state index is -0.217. The zero-order valence-corrected chi connectivity index (χ0v) is 14.0. The van der Waals surface area contributed by atoms with Crippen LogP contribution >= 0.6 is 11.3 Å². The number of anilines is 2. The maximum atomic E-state index is 11.8. The van der Waals surface area contributed by atoms with Gasteiger partial charge < -0.3 is 10.2 Å². The second-order valence-electron chi connectivity index (χ2n) is 5.71. The van der Waals surface area contributed by atoms with E-state index in [2.05, 4.69) is 44.9 Å². The molecule has 1 fully saturated rings. The Morgan fingerprint density at radius 1 is 1.30 bits per heavy atom. The summed E-state index contributed by atoms with van der Waals surface area (Å²) in [5.74, 6) is 0.569. The molecule has 0 saturated heterocycles. The predicted octanol–water partition coefficient (Wildman–Crippen LogP) is 3.06. The minimum Gasteiger partial charge on any atom is -0.375 e. The molecule has 1 saturated carbocycles. The van der Waals surface area contributed by atoms with Crippen molar-refractivity contribution in [2.75, 3.05) is 30.4 Å². The quantitative estimate of drug-likeness (QED) is 0.765. The summed E-state index contributed by atoms with van der Waals surface area (Å²) >= 11 is 1.47. The van der Waals surface area contributed by atoms with Crippen LogP contribution < -0.4 is 15.5 Å². The average molecular weight is 331 g/mol. The molecule has 3 rings (SSSR count). The van der Waals surface area contributed by atoms with E-state index in [4.69, 9.17) is 0 Å². The summed E-state index contributed by atoms with van der Waals surface area (Å²) in [6.45, 7) is 1.51. The number of urea groups is 1. The Bertz CT molecular complexity index is 641. The summed E-state index contributed by atoms with van der Waals surface area (Å²) < 4.78 is 0. The van der Waals surface area contributed by atoms with Gasteiger partial charge in [0.15, 0.2) is 0 Å². The van der Waals surface area contributed by atoms with Gasteiger partial charge in [-0.25, -0.2) is 4.79 Å². The number of amides is 2. The predicted molar refractivity (Wildman–Crippen MR) is 93.2 cm³/mol. The number of carbonyl (C=O) groups excluding carboxylic acids is 1. The van der Waals surface area contributed by atoms with Gasteiger partial charge in [-0.15, -0.1) is 10.2 Å². The second kappa shape index (κ2) is 7.41. The van der Waals surface area contributed by atoms with Gasteiger partial charge in [-0.2, -0.15) is 0 Å². The van der Waals surface area contributed by atoms with Crippen molar-refractivity contribution in [2.24, 2.45) is 0 Å². The highest BCUT2D eigenvalue weighted by Crippen LogP contribution is 2.41. The standard InChI is InChI=1S/C16H21N5OS/c1-21(13-6-3-2-4-7-13)11-5-10-17-15(22)18-16-20-19-14(23-16)12-8-9-12/h2-4,6-7,12H,5,8-11H2,1H3,(H2,17,18,20,22). The fourth-order valence-electron chi connectivity index (χ4n) is 2.25. The molecular weight excluding hydrogens is 310 g/mol. The molecule has 1 aromatic heterocycles. The highest BCUT2D eigenvalue weighted by molar-refractivity contribution is 7.15. The van der Waals surface area contributed by atoms with E-state index in [1.807, 2.05) is 18.2 Å². The number of hydrogen-bond acceptors (Lipinski definition) is 5. The lowest BCUT2D eigenvalue weighted by atomic mass is 10.3. The summed E-state index contributed by atoms with van der Waals surface area (Å²) in [5, 5.41) is 15.3. The summed E-state index contributed by atoms with van der Waals surface area (Å²) in [5.41, 5.74) is 1.18. The van der Waals surface area contributed by atoms with E-state index in [1.54, 1.807) is 0 Å². The van der Waals surface area contributed by atoms with Gasteiger partial charge in [-0.05, 0) is 31.4 Å². The first kappa shape index (κ1) is 15.7. The van der Waals surface area contributed by atoms with Crippen molar-refractivity contribution < 1.29 is 4.79 Å². The van der Waals surface area contributed by atoms with Gasteiger partial charge in [-0.3, -0.25) is 5.32 Å². The first-order valence-electron chi connectivity index (χ1n) is 7.87. The smallest absolute Gasteiger partial charge is 0.321 e. The van der Waals surface area contributed by atoms with Crippen molar-refractivity contribution in [2.45, 2.75) is 25.2 Å². The number of nitrogens with one attached hydrogen (secondary N) is 2. The zero-order chi connectivity index (χ0) is 16.1. The average Bonchev–Trinajstić information content (AvgIpc) is 3.32. The first-order chi connectivity index (χ1) is 11.2. The summed E-state index contributed by atoms with van der Waals surface area (Å²) in [6, 6.07) is 9.99. The van der Waals surface area contributed by atoms with Crippen LogP contribution in [0.1, 0.15) is 30.2 Å². The molecule has 2 aromatic rings. The normalized spacial score (nSPS) is 13.6. The lowest BCUT2D eigenvalue weighted by molar-refractivity contribution is 0.252. The largest absolute Gasteiger partial charge is 0.375 e. The van der Waals surface area contributed by atoms with Crippen molar-refractivity contribution in [1.29, 1.82) is 0 Å². The van der Waals surface area contributed by atoms with Crippen LogP contribution in [0.15, 0.2) is 30.3 Å². The number of rotatable bonds is 7. The molecule has 122 valence electrons. The lowest BCUT2D eigenvalue weighted by Crippen LogP contribution is -2.31. The molecule has 1 aromatic carbocycles. The Morgan fingerprint density at radius 3 is 2.83 bits per heavy atom. The molecule has 0 bridgehead atoms. The van der Waals surface area contributed by atoms with Crippen LogP contribution in [0.3, 0.4) is 0 Å². The van der Waals surface area contributed by atoms with Crippen LogP contribution in [-0.4, -0.2) is 36.4 Å². The fraction of sp³-hybridized carbons (Fsp3) is 0.438. The van der Waals surface area contributed by atoms with Crippen LogP contribution in [-0.2, 0) is 0 Å². The highest BCUT2D eigenvalue weighted by Gasteiger charge is 2.27. The Balaban J connectivity index is 1.34. The zero-order valence-electron chi connectivity index (χ0n) is 13.2. The van der Waals surface area contributed by atoms with Crippen LogP contribution in [0.4, 0.5) is 15.6 Å². The van der Waals surface area contributed by atoms with Crippen molar-refractivity contribution in [3.8, 4) is 0 Å². The molecule has 0 unspecified atom stereocenters. The van der Waals surface area contributed by atoms with Crippen LogP contribution in [0, 0.1) is 0 Å². The van der Waals surface area contributed by atoms with Gasteiger partial charge in [-0.1, -0.05) is 29.5 Å². The van der Waals surface area contributed by atoms with Gasteiger partial charge >= 0.3 is 6.03 Å². The van der Waals surface area contributed by atoms with E-state index in [0.717, 1.165) is 18.0 Å². The molecule has 0 spiro atoms. The minimum absolute atomic E-state index is 0.217. The van der Waals surface area contributed by atoms with Crippen LogP contribution in [0.25, 0.3) is 0 Å². The Morgan fingerprint density at radius 2 is 2.09 bits per heavy atom. The number of hydrogen-bond donors (Lipinski definition) is 2. The maximum absolute atomic E-state index is 11.8. The molecule has 7 heteroatoms. The Hall–Kier alpha value is -2.15. The van der Waals surface area contributed by atoms with Gasteiger partial charge in [0, 0.05) is 31.7 Å². The number of nitrogens with zero attached hydrogens (tertiary/aromatic N) is 3. The molecule has 6 nitrogen and oxygen atoms in total. The molecule has 2 N–H and O–H groups in total. The van der Waals surface area contributed by atoms with Crippen molar-refractivity contribution in [1.82, 2.24) is 15.5 Å². The van der Waals surface area contributed by atoms with E-state index in [9.17, 15) is 4.79 Å². The highest BCUT2D eigenvalue weighted by atomic mass is 32.1. The van der Waals surface area contributed by atoms with Crippen molar-refractivity contribution in [3.63, 3.8) is 0 Å². The van der Waals surface area contributed by atoms with E-state index >= 15 is 0 Å². The molecule has 1 aliphatic rings. The van der Waals surface area contributed by atoms with Gasteiger partial charge in [0.05, 0.1) is 0 Å². The van der Waals surface area contributed by atoms with Gasteiger partial charge in [0.25, 0.3) is 0 Å². The number of carbonyl (C=O) groups is 1. The molecule has 2 amide bonds. The summed E-state index contributed by atoms with van der Waals surface area (Å²) in [6.07, 6.45) is 3.26. The molecular formula is C16H21N5OS. The second-order valence-corrected chi connectivity index (χ2v) is 6.72. The van der Waals surface area contributed by atoms with Gasteiger partial charge in [0.1, 0.15) is 5.01 Å². The molecule has 0 radical (unpaired) electrons. The van der Waals surface area contributed by atoms with E-state index in [0.29, 0.717) is 17.6 Å². The first-order valence-corrected chi connectivity index (χ1v) is 8.68. The molecule has 23 heavy (non-hydrogen) atoms. The fourth-order valence-corrected chi connectivity index (χ4v) is 3.16. The third-order valence-electron chi connectivity index (χ3n) is 3.74. The molecule has 1 aliphatic carbocycles. The monoisotopic (exact) mass is 331 g/mol. The van der Waals surface area contributed by atoms with Crippen LogP contribution in [0.5, 0.6) is 0 Å². The molecule has 0 atom stereocenters.